The van der Waals surface area contributed by atoms with Crippen molar-refractivity contribution in [2.45, 2.75) is 50.9 Å². The summed E-state index contributed by atoms with van der Waals surface area (Å²) in [4.78, 5) is 23.3. The predicted molar refractivity (Wildman–Crippen MR) is 86.8 cm³/mol. The number of piperidine rings is 1. The Morgan fingerprint density at radius 3 is 2.87 bits per heavy atom. The molecule has 0 bridgehead atoms. The lowest BCUT2D eigenvalue weighted by molar-refractivity contribution is -0.133. The summed E-state index contributed by atoms with van der Waals surface area (Å²) < 4.78 is 0. The molecule has 122 valence electrons. The van der Waals surface area contributed by atoms with Gasteiger partial charge in [-0.1, -0.05) is 12.8 Å². The van der Waals surface area contributed by atoms with E-state index >= 15 is 0 Å². The molecule has 1 saturated carbocycles. The van der Waals surface area contributed by atoms with Crippen LogP contribution in [0.3, 0.4) is 0 Å². The number of rotatable bonds is 3. The minimum absolute atomic E-state index is 0.290. The minimum atomic E-state index is 0.290. The van der Waals surface area contributed by atoms with Gasteiger partial charge < -0.3 is 4.90 Å². The smallest absolute Gasteiger partial charge is 0.222 e. The summed E-state index contributed by atoms with van der Waals surface area (Å²) in [6.45, 7) is 1.67. The van der Waals surface area contributed by atoms with Gasteiger partial charge in [-0.2, -0.15) is 5.10 Å². The normalized spacial score (nSPS) is 22.8. The van der Waals surface area contributed by atoms with E-state index in [2.05, 4.69) is 25.1 Å². The summed E-state index contributed by atoms with van der Waals surface area (Å²) in [5.74, 6) is 1.23. The number of carbonyl (C=O) groups excluding carboxylic acids is 1. The fourth-order valence-corrected chi connectivity index (χ4v) is 4.08. The predicted octanol–water partition coefficient (Wildman–Crippen LogP) is 2.64. The fraction of sp³-hybridized carbons (Fsp3) is 0.647. The van der Waals surface area contributed by atoms with Crippen molar-refractivity contribution in [2.75, 3.05) is 13.1 Å². The van der Waals surface area contributed by atoms with Gasteiger partial charge in [0.1, 0.15) is 5.52 Å². The lowest BCUT2D eigenvalue weighted by atomic mass is 9.93. The van der Waals surface area contributed by atoms with E-state index in [1.54, 1.807) is 12.4 Å². The molecule has 2 aromatic rings. The molecule has 3 heterocycles. The number of H-pyrrole nitrogens is 1. The van der Waals surface area contributed by atoms with Crippen LogP contribution in [0.4, 0.5) is 0 Å². The highest BCUT2D eigenvalue weighted by molar-refractivity contribution is 5.77. The van der Waals surface area contributed by atoms with E-state index in [0.717, 1.165) is 43.6 Å². The van der Waals surface area contributed by atoms with Gasteiger partial charge >= 0.3 is 0 Å². The zero-order chi connectivity index (χ0) is 15.6. The Balaban J connectivity index is 1.47. The quantitative estimate of drug-likeness (QED) is 0.945. The van der Waals surface area contributed by atoms with Crippen molar-refractivity contribution in [3.8, 4) is 0 Å². The average Bonchev–Trinajstić information content (AvgIpc) is 3.24. The number of nitrogens with one attached hydrogen (secondary N) is 1. The highest BCUT2D eigenvalue weighted by atomic mass is 16.2. The van der Waals surface area contributed by atoms with Gasteiger partial charge in [-0.25, -0.2) is 9.97 Å². The number of aromatic amines is 1. The summed E-state index contributed by atoms with van der Waals surface area (Å²) in [6, 6.07) is 0. The van der Waals surface area contributed by atoms with Crippen molar-refractivity contribution in [2.24, 2.45) is 5.92 Å². The molecule has 2 aromatic heterocycles. The van der Waals surface area contributed by atoms with Crippen LogP contribution < -0.4 is 0 Å². The number of fused-ring (bicyclic) bond motifs is 1. The summed E-state index contributed by atoms with van der Waals surface area (Å²) >= 11 is 0. The molecule has 0 radical (unpaired) electrons. The van der Waals surface area contributed by atoms with E-state index in [1.165, 1.54) is 25.7 Å². The Morgan fingerprint density at radius 2 is 2.00 bits per heavy atom. The molecule has 0 aromatic carbocycles. The van der Waals surface area contributed by atoms with Gasteiger partial charge in [-0.3, -0.25) is 9.89 Å². The second-order valence-electron chi connectivity index (χ2n) is 6.90. The van der Waals surface area contributed by atoms with Gasteiger partial charge in [0.15, 0.2) is 5.65 Å². The molecule has 1 atom stereocenters. The molecule has 1 N–H and O–H groups in total. The number of hydrogen-bond acceptors (Lipinski definition) is 4. The van der Waals surface area contributed by atoms with Gasteiger partial charge in [0, 0.05) is 37.8 Å². The maximum atomic E-state index is 12.6. The van der Waals surface area contributed by atoms with Crippen molar-refractivity contribution in [1.29, 1.82) is 0 Å². The van der Waals surface area contributed by atoms with Gasteiger partial charge in [0.2, 0.25) is 5.91 Å². The molecular weight excluding hydrogens is 290 g/mol. The average molecular weight is 313 g/mol. The highest BCUT2D eigenvalue weighted by Gasteiger charge is 2.29. The highest BCUT2D eigenvalue weighted by Crippen LogP contribution is 2.31. The van der Waals surface area contributed by atoms with E-state index in [-0.39, 0.29) is 5.92 Å². The number of nitrogens with zero attached hydrogens (tertiary/aromatic N) is 4. The summed E-state index contributed by atoms with van der Waals surface area (Å²) in [7, 11) is 0. The number of aromatic nitrogens is 4. The molecule has 23 heavy (non-hydrogen) atoms. The second-order valence-corrected chi connectivity index (χ2v) is 6.90. The van der Waals surface area contributed by atoms with Crippen molar-refractivity contribution in [3.63, 3.8) is 0 Å². The number of carbonyl (C=O) groups is 1. The third kappa shape index (κ3) is 2.94. The first-order valence-corrected chi connectivity index (χ1v) is 8.74. The standard InChI is InChI=1S/C17H23N5O/c23-14(10-12-4-1-2-5-12)22-9-3-6-13(11-22)15-16-17(21-20-15)19-8-7-18-16/h7-8,12-13H,1-6,9-11H2,(H,19,20,21)/t13-/m1/s1. The van der Waals surface area contributed by atoms with Gasteiger partial charge in [-0.05, 0) is 31.6 Å². The Kier molecular flexibility index (Phi) is 3.97. The van der Waals surface area contributed by atoms with E-state index in [4.69, 9.17) is 0 Å². The van der Waals surface area contributed by atoms with E-state index in [1.807, 2.05) is 0 Å². The molecule has 2 fully saturated rings. The lowest BCUT2D eigenvalue weighted by Gasteiger charge is -2.33. The van der Waals surface area contributed by atoms with Gasteiger partial charge in [0.25, 0.3) is 0 Å². The minimum Gasteiger partial charge on any atom is -0.342 e. The molecule has 1 amide bonds. The van der Waals surface area contributed by atoms with Crippen LogP contribution >= 0.6 is 0 Å². The van der Waals surface area contributed by atoms with Crippen molar-refractivity contribution < 1.29 is 4.79 Å². The molecule has 1 saturated heterocycles. The third-order valence-corrected chi connectivity index (χ3v) is 5.34. The molecule has 0 spiro atoms. The largest absolute Gasteiger partial charge is 0.342 e. The summed E-state index contributed by atoms with van der Waals surface area (Å²) in [6.07, 6.45) is 11.2. The van der Waals surface area contributed by atoms with E-state index < -0.39 is 0 Å². The molecule has 2 aliphatic rings. The summed E-state index contributed by atoms with van der Waals surface area (Å²) in [5.41, 5.74) is 2.55. The van der Waals surface area contributed by atoms with Crippen molar-refractivity contribution in [1.82, 2.24) is 25.1 Å². The topological polar surface area (TPSA) is 74.8 Å². The SMILES string of the molecule is O=C(CC1CCCC1)N1CCC[C@@H](c2[nH]nc3nccnc23)C1. The first kappa shape index (κ1) is 14.6. The van der Waals surface area contributed by atoms with Crippen LogP contribution in [0.5, 0.6) is 0 Å². The zero-order valence-corrected chi connectivity index (χ0v) is 13.4. The number of likely N-dealkylation sites (tertiary alicyclic amines) is 1. The van der Waals surface area contributed by atoms with Crippen LogP contribution in [0, 0.1) is 5.92 Å². The molecule has 1 aliphatic carbocycles. The van der Waals surface area contributed by atoms with Crippen LogP contribution in [0.25, 0.3) is 11.2 Å². The zero-order valence-electron chi connectivity index (χ0n) is 13.4. The van der Waals surface area contributed by atoms with Crippen molar-refractivity contribution >= 4 is 17.1 Å². The van der Waals surface area contributed by atoms with E-state index in [0.29, 0.717) is 17.5 Å². The third-order valence-electron chi connectivity index (χ3n) is 5.34. The van der Waals surface area contributed by atoms with Crippen LogP contribution in [-0.4, -0.2) is 44.1 Å². The Labute approximate surface area is 135 Å². The molecular formula is C17H23N5O. The second kappa shape index (κ2) is 6.26. The molecule has 6 nitrogen and oxygen atoms in total. The Morgan fingerprint density at radius 1 is 1.17 bits per heavy atom. The Bertz CT molecular complexity index is 691. The van der Waals surface area contributed by atoms with Crippen LogP contribution in [-0.2, 0) is 4.79 Å². The van der Waals surface area contributed by atoms with Gasteiger partial charge in [0.05, 0.1) is 5.69 Å². The molecule has 0 unspecified atom stereocenters. The fourth-order valence-electron chi connectivity index (χ4n) is 4.08. The number of hydrogen-bond donors (Lipinski definition) is 1. The molecule has 1 aliphatic heterocycles. The maximum absolute atomic E-state index is 12.6. The van der Waals surface area contributed by atoms with Crippen molar-refractivity contribution in [3.05, 3.63) is 18.1 Å². The molecule has 6 heteroatoms. The maximum Gasteiger partial charge on any atom is 0.222 e. The first-order chi connectivity index (χ1) is 11.3. The van der Waals surface area contributed by atoms with Gasteiger partial charge in [-0.15, -0.1) is 0 Å². The number of amides is 1. The van der Waals surface area contributed by atoms with Crippen LogP contribution in [0.15, 0.2) is 12.4 Å². The lowest BCUT2D eigenvalue weighted by Crippen LogP contribution is -2.39. The van der Waals surface area contributed by atoms with Crippen LogP contribution in [0.2, 0.25) is 0 Å². The van der Waals surface area contributed by atoms with E-state index in [9.17, 15) is 4.79 Å². The monoisotopic (exact) mass is 313 g/mol. The molecule has 4 rings (SSSR count). The first-order valence-electron chi connectivity index (χ1n) is 8.74. The van der Waals surface area contributed by atoms with Crippen LogP contribution in [0.1, 0.15) is 56.6 Å². The Hall–Kier alpha value is -1.98. The summed E-state index contributed by atoms with van der Waals surface area (Å²) in [5, 5.41) is 7.35.